The van der Waals surface area contributed by atoms with Crippen molar-refractivity contribution in [3.05, 3.63) is 70.8 Å². The molecule has 0 fully saturated rings. The molecule has 130 valence electrons. The summed E-state index contributed by atoms with van der Waals surface area (Å²) in [6.45, 7) is 1.34. The van der Waals surface area contributed by atoms with Gasteiger partial charge in [-0.1, -0.05) is 36.4 Å². The molecule has 0 saturated heterocycles. The van der Waals surface area contributed by atoms with E-state index in [2.05, 4.69) is 11.0 Å². The van der Waals surface area contributed by atoms with E-state index in [4.69, 9.17) is 5.73 Å². The third-order valence-corrected chi connectivity index (χ3v) is 4.62. The van der Waals surface area contributed by atoms with Crippen LogP contribution in [-0.4, -0.2) is 42.3 Å². The smallest absolute Gasteiger partial charge is 0.253 e. The average molecular weight is 337 g/mol. The van der Waals surface area contributed by atoms with Gasteiger partial charge in [0.1, 0.15) is 6.04 Å². The van der Waals surface area contributed by atoms with E-state index >= 15 is 0 Å². The first-order valence-corrected chi connectivity index (χ1v) is 8.39. The maximum absolute atomic E-state index is 12.2. The number of rotatable bonds is 4. The van der Waals surface area contributed by atoms with Crippen LogP contribution in [0.1, 0.15) is 33.1 Å². The van der Waals surface area contributed by atoms with E-state index in [1.165, 1.54) is 5.56 Å². The molecule has 1 heterocycles. The van der Waals surface area contributed by atoms with Gasteiger partial charge in [-0.05, 0) is 35.2 Å². The Kier molecular flexibility index (Phi) is 4.86. The largest absolute Gasteiger partial charge is 0.368 e. The summed E-state index contributed by atoms with van der Waals surface area (Å²) in [5.74, 6) is -0.370. The van der Waals surface area contributed by atoms with Crippen molar-refractivity contribution in [2.24, 2.45) is 5.73 Å². The fourth-order valence-corrected chi connectivity index (χ4v) is 3.42. The number of nitrogens with two attached hydrogens (primary N) is 1. The second-order valence-corrected chi connectivity index (χ2v) is 6.62. The standard InChI is InChI=1S/C20H23N3O2/c1-22(2)20(25)16-8-5-6-14(12-16)13-23-11-10-15-7-3-4-9-17(15)18(23)19(21)24/h3-9,12,18H,10-11,13H2,1-2H3,(H2,21,24). The van der Waals surface area contributed by atoms with Crippen LogP contribution < -0.4 is 5.73 Å². The minimum Gasteiger partial charge on any atom is -0.368 e. The molecule has 1 atom stereocenters. The zero-order chi connectivity index (χ0) is 18.0. The zero-order valence-corrected chi connectivity index (χ0v) is 14.6. The molecule has 0 saturated carbocycles. The zero-order valence-electron chi connectivity index (χ0n) is 14.6. The van der Waals surface area contributed by atoms with Crippen LogP contribution in [0.25, 0.3) is 0 Å². The Labute approximate surface area is 148 Å². The van der Waals surface area contributed by atoms with Crippen molar-refractivity contribution in [3.63, 3.8) is 0 Å². The van der Waals surface area contributed by atoms with Crippen molar-refractivity contribution in [1.82, 2.24) is 9.80 Å². The number of nitrogens with zero attached hydrogens (tertiary/aromatic N) is 2. The van der Waals surface area contributed by atoms with Gasteiger partial charge in [0.05, 0.1) is 0 Å². The highest BCUT2D eigenvalue weighted by Gasteiger charge is 2.31. The quantitative estimate of drug-likeness (QED) is 0.927. The number of hydrogen-bond acceptors (Lipinski definition) is 3. The Bertz CT molecular complexity index is 801. The molecular weight excluding hydrogens is 314 g/mol. The molecule has 3 rings (SSSR count). The Morgan fingerprint density at radius 1 is 1.16 bits per heavy atom. The fourth-order valence-electron chi connectivity index (χ4n) is 3.42. The van der Waals surface area contributed by atoms with Crippen LogP contribution in [0.2, 0.25) is 0 Å². The molecular formula is C20H23N3O2. The molecule has 2 aromatic rings. The molecule has 5 heteroatoms. The molecule has 2 amide bonds. The van der Waals surface area contributed by atoms with Gasteiger partial charge < -0.3 is 10.6 Å². The first-order valence-electron chi connectivity index (χ1n) is 8.39. The van der Waals surface area contributed by atoms with Gasteiger partial charge in [-0.3, -0.25) is 14.5 Å². The van der Waals surface area contributed by atoms with Crippen LogP contribution in [-0.2, 0) is 17.8 Å². The summed E-state index contributed by atoms with van der Waals surface area (Å²) in [6.07, 6.45) is 0.885. The summed E-state index contributed by atoms with van der Waals surface area (Å²) < 4.78 is 0. The average Bonchev–Trinajstić information content (AvgIpc) is 2.60. The summed E-state index contributed by atoms with van der Waals surface area (Å²) in [7, 11) is 3.47. The van der Waals surface area contributed by atoms with E-state index in [-0.39, 0.29) is 11.8 Å². The van der Waals surface area contributed by atoms with E-state index in [1.807, 2.05) is 42.5 Å². The van der Waals surface area contributed by atoms with Gasteiger partial charge in [0, 0.05) is 32.7 Å². The molecule has 2 aromatic carbocycles. The van der Waals surface area contributed by atoms with Crippen LogP contribution in [0.3, 0.4) is 0 Å². The van der Waals surface area contributed by atoms with Gasteiger partial charge in [0.2, 0.25) is 5.91 Å². The lowest BCUT2D eigenvalue weighted by Gasteiger charge is -2.35. The first kappa shape index (κ1) is 17.2. The van der Waals surface area contributed by atoms with Crippen molar-refractivity contribution in [3.8, 4) is 0 Å². The van der Waals surface area contributed by atoms with Crippen LogP contribution in [0.15, 0.2) is 48.5 Å². The second-order valence-electron chi connectivity index (χ2n) is 6.62. The van der Waals surface area contributed by atoms with Crippen LogP contribution in [0.5, 0.6) is 0 Å². The van der Waals surface area contributed by atoms with Gasteiger partial charge in [0.25, 0.3) is 5.91 Å². The minimum atomic E-state index is -0.432. The van der Waals surface area contributed by atoms with Crippen LogP contribution >= 0.6 is 0 Å². The molecule has 5 nitrogen and oxygen atoms in total. The monoisotopic (exact) mass is 337 g/mol. The van der Waals surface area contributed by atoms with Crippen molar-refractivity contribution in [2.45, 2.75) is 19.0 Å². The van der Waals surface area contributed by atoms with Crippen molar-refractivity contribution < 1.29 is 9.59 Å². The number of carbonyl (C=O) groups is 2. The summed E-state index contributed by atoms with van der Waals surface area (Å²) >= 11 is 0. The molecule has 25 heavy (non-hydrogen) atoms. The molecule has 2 N–H and O–H groups in total. The number of hydrogen-bond donors (Lipinski definition) is 1. The maximum Gasteiger partial charge on any atom is 0.253 e. The molecule has 0 aromatic heterocycles. The number of fused-ring (bicyclic) bond motifs is 1. The Hall–Kier alpha value is -2.66. The summed E-state index contributed by atoms with van der Waals surface area (Å²) in [6, 6.07) is 15.1. The number of benzene rings is 2. The fraction of sp³-hybridized carbons (Fsp3) is 0.300. The Morgan fingerprint density at radius 2 is 1.92 bits per heavy atom. The summed E-state index contributed by atoms with van der Waals surface area (Å²) in [4.78, 5) is 27.9. The van der Waals surface area contributed by atoms with E-state index in [1.54, 1.807) is 19.0 Å². The van der Waals surface area contributed by atoms with Crippen molar-refractivity contribution >= 4 is 11.8 Å². The van der Waals surface area contributed by atoms with E-state index in [0.29, 0.717) is 12.1 Å². The topological polar surface area (TPSA) is 66.6 Å². The van der Waals surface area contributed by atoms with Crippen molar-refractivity contribution in [1.29, 1.82) is 0 Å². The molecule has 0 radical (unpaired) electrons. The maximum atomic E-state index is 12.2. The van der Waals surface area contributed by atoms with Gasteiger partial charge in [-0.2, -0.15) is 0 Å². The molecule has 0 bridgehead atoms. The molecule has 1 aliphatic heterocycles. The third kappa shape index (κ3) is 3.56. The molecule has 1 unspecified atom stereocenters. The van der Waals surface area contributed by atoms with Crippen LogP contribution in [0.4, 0.5) is 0 Å². The number of amides is 2. The summed E-state index contributed by atoms with van der Waals surface area (Å²) in [5, 5.41) is 0. The van der Waals surface area contributed by atoms with E-state index < -0.39 is 6.04 Å². The SMILES string of the molecule is CN(C)C(=O)c1cccc(CN2CCc3ccccc3C2C(N)=O)c1. The van der Waals surface area contributed by atoms with E-state index in [0.717, 1.165) is 24.1 Å². The summed E-state index contributed by atoms with van der Waals surface area (Å²) in [5.41, 5.74) is 9.52. The predicted molar refractivity (Wildman–Crippen MR) is 97.0 cm³/mol. The highest BCUT2D eigenvalue weighted by Crippen LogP contribution is 2.30. The van der Waals surface area contributed by atoms with Gasteiger partial charge in [-0.25, -0.2) is 0 Å². The highest BCUT2D eigenvalue weighted by atomic mass is 16.2. The number of primary amides is 1. The lowest BCUT2D eigenvalue weighted by molar-refractivity contribution is -0.124. The first-order chi connectivity index (χ1) is 12.0. The molecule has 0 spiro atoms. The van der Waals surface area contributed by atoms with Crippen LogP contribution in [0, 0.1) is 0 Å². The second kappa shape index (κ2) is 7.07. The number of carbonyl (C=O) groups excluding carboxylic acids is 2. The molecule has 1 aliphatic rings. The van der Waals surface area contributed by atoms with Gasteiger partial charge in [-0.15, -0.1) is 0 Å². The third-order valence-electron chi connectivity index (χ3n) is 4.62. The highest BCUT2D eigenvalue weighted by molar-refractivity contribution is 5.94. The predicted octanol–water partition coefficient (Wildman–Crippen LogP) is 1.97. The Balaban J connectivity index is 1.87. The van der Waals surface area contributed by atoms with Gasteiger partial charge in [0.15, 0.2) is 0 Å². The molecule has 0 aliphatic carbocycles. The lowest BCUT2D eigenvalue weighted by atomic mass is 9.91. The van der Waals surface area contributed by atoms with E-state index in [9.17, 15) is 9.59 Å². The Morgan fingerprint density at radius 3 is 2.64 bits per heavy atom. The lowest BCUT2D eigenvalue weighted by Crippen LogP contribution is -2.42. The normalized spacial score (nSPS) is 17.0. The van der Waals surface area contributed by atoms with Crippen molar-refractivity contribution in [2.75, 3.05) is 20.6 Å². The van der Waals surface area contributed by atoms with Gasteiger partial charge >= 0.3 is 0 Å². The minimum absolute atomic E-state index is 0.0303.